The monoisotopic (exact) mass is 233 g/mol. The van der Waals surface area contributed by atoms with Crippen LogP contribution in [0.1, 0.15) is 19.8 Å². The smallest absolute Gasteiger partial charge is 0.313 e. The minimum atomic E-state index is -0.265. The van der Waals surface area contributed by atoms with Crippen LogP contribution < -0.4 is 10.5 Å². The summed E-state index contributed by atoms with van der Waals surface area (Å²) in [4.78, 5) is 15.6. The van der Waals surface area contributed by atoms with Crippen LogP contribution in [0.4, 0.5) is 5.69 Å². The molecule has 1 aromatic heterocycles. The van der Waals surface area contributed by atoms with Gasteiger partial charge in [0.15, 0.2) is 0 Å². The summed E-state index contributed by atoms with van der Waals surface area (Å²) in [6, 6.07) is 5.72. The number of benzene rings is 1. The van der Waals surface area contributed by atoms with Gasteiger partial charge in [-0.25, -0.2) is 0 Å². The van der Waals surface area contributed by atoms with Crippen LogP contribution in [0.5, 0.6) is 6.01 Å². The van der Waals surface area contributed by atoms with Crippen LogP contribution >= 0.6 is 0 Å². The lowest BCUT2D eigenvalue weighted by Crippen LogP contribution is -2.10. The SMILES string of the molecule is CCCC(=O)Oc1nc2cc(N)ccc2n1C. The van der Waals surface area contributed by atoms with E-state index in [0.29, 0.717) is 18.1 Å². The molecule has 5 heteroatoms. The predicted octanol–water partition coefficient (Wildman–Crippen LogP) is 1.86. The molecule has 0 aliphatic rings. The maximum atomic E-state index is 11.4. The lowest BCUT2D eigenvalue weighted by atomic mass is 10.3. The number of aromatic nitrogens is 2. The van der Waals surface area contributed by atoms with Crippen molar-refractivity contribution in [1.29, 1.82) is 0 Å². The third-order valence-electron chi connectivity index (χ3n) is 2.52. The first-order chi connectivity index (χ1) is 8.11. The van der Waals surface area contributed by atoms with E-state index >= 15 is 0 Å². The number of esters is 1. The summed E-state index contributed by atoms with van der Waals surface area (Å²) < 4.78 is 6.92. The van der Waals surface area contributed by atoms with E-state index < -0.39 is 0 Å². The largest absolute Gasteiger partial charge is 0.399 e. The number of ether oxygens (including phenoxy) is 1. The van der Waals surface area contributed by atoms with Gasteiger partial charge in [-0.1, -0.05) is 6.92 Å². The van der Waals surface area contributed by atoms with Crippen molar-refractivity contribution >= 4 is 22.7 Å². The number of aryl methyl sites for hydroxylation is 1. The Morgan fingerprint density at radius 2 is 2.29 bits per heavy atom. The van der Waals surface area contributed by atoms with Gasteiger partial charge in [-0.3, -0.25) is 9.36 Å². The van der Waals surface area contributed by atoms with E-state index in [1.54, 1.807) is 23.7 Å². The molecule has 2 rings (SSSR count). The van der Waals surface area contributed by atoms with E-state index in [1.165, 1.54) is 0 Å². The van der Waals surface area contributed by atoms with Gasteiger partial charge >= 0.3 is 12.0 Å². The number of rotatable bonds is 3. The van der Waals surface area contributed by atoms with E-state index in [4.69, 9.17) is 10.5 Å². The number of hydrogen-bond donors (Lipinski definition) is 1. The number of carbonyl (C=O) groups excluding carboxylic acids is 1. The Bertz CT molecular complexity index is 560. The number of nitrogens with zero attached hydrogens (tertiary/aromatic N) is 2. The minimum Gasteiger partial charge on any atom is -0.399 e. The zero-order valence-corrected chi connectivity index (χ0v) is 9.93. The predicted molar refractivity (Wildman–Crippen MR) is 65.7 cm³/mol. The summed E-state index contributed by atoms with van der Waals surface area (Å²) in [5.74, 6) is -0.265. The second-order valence-electron chi connectivity index (χ2n) is 3.93. The minimum absolute atomic E-state index is 0.265. The molecule has 5 nitrogen and oxygen atoms in total. The number of imidazole rings is 1. The van der Waals surface area contributed by atoms with Crippen molar-refractivity contribution in [2.75, 3.05) is 5.73 Å². The van der Waals surface area contributed by atoms with Gasteiger partial charge in [0.05, 0.1) is 11.0 Å². The normalized spacial score (nSPS) is 10.7. The Morgan fingerprint density at radius 3 is 3.00 bits per heavy atom. The number of nitrogens with two attached hydrogens (primary N) is 1. The zero-order chi connectivity index (χ0) is 12.4. The molecule has 0 aliphatic carbocycles. The first-order valence-electron chi connectivity index (χ1n) is 5.54. The maximum absolute atomic E-state index is 11.4. The topological polar surface area (TPSA) is 70.1 Å². The molecule has 2 N–H and O–H groups in total. The Kier molecular flexibility index (Phi) is 2.99. The molecular weight excluding hydrogens is 218 g/mol. The van der Waals surface area contributed by atoms with Crippen LogP contribution in [0.3, 0.4) is 0 Å². The van der Waals surface area contributed by atoms with Gasteiger partial charge in [0.1, 0.15) is 0 Å². The van der Waals surface area contributed by atoms with Gasteiger partial charge in [0.2, 0.25) is 0 Å². The maximum Gasteiger partial charge on any atom is 0.313 e. The van der Waals surface area contributed by atoms with Gasteiger partial charge in [-0.2, -0.15) is 4.98 Å². The third kappa shape index (κ3) is 2.22. The molecule has 1 aromatic carbocycles. The highest BCUT2D eigenvalue weighted by atomic mass is 16.5. The number of anilines is 1. The molecule has 0 aliphatic heterocycles. The van der Waals surface area contributed by atoms with Crippen molar-refractivity contribution in [3.8, 4) is 6.01 Å². The van der Waals surface area contributed by atoms with E-state index in [-0.39, 0.29) is 5.97 Å². The molecule has 0 radical (unpaired) electrons. The van der Waals surface area contributed by atoms with Crippen LogP contribution in [-0.4, -0.2) is 15.5 Å². The van der Waals surface area contributed by atoms with E-state index in [2.05, 4.69) is 4.98 Å². The molecule has 0 spiro atoms. The highest BCUT2D eigenvalue weighted by molar-refractivity contribution is 5.81. The Balaban J connectivity index is 2.35. The van der Waals surface area contributed by atoms with Crippen molar-refractivity contribution in [1.82, 2.24) is 9.55 Å². The number of hydrogen-bond acceptors (Lipinski definition) is 4. The molecular formula is C12H15N3O2. The summed E-state index contributed by atoms with van der Waals surface area (Å²) in [5.41, 5.74) is 7.93. The van der Waals surface area contributed by atoms with E-state index in [1.807, 2.05) is 13.0 Å². The highest BCUT2D eigenvalue weighted by Gasteiger charge is 2.12. The molecule has 0 saturated heterocycles. The molecule has 0 atom stereocenters. The first kappa shape index (κ1) is 11.4. The molecule has 90 valence electrons. The van der Waals surface area contributed by atoms with Crippen LogP contribution in [0.2, 0.25) is 0 Å². The van der Waals surface area contributed by atoms with Gasteiger partial charge in [0.25, 0.3) is 0 Å². The molecule has 0 amide bonds. The van der Waals surface area contributed by atoms with Crippen LogP contribution in [0, 0.1) is 0 Å². The average Bonchev–Trinajstić information content (AvgIpc) is 2.55. The summed E-state index contributed by atoms with van der Waals surface area (Å²) in [7, 11) is 1.81. The van der Waals surface area contributed by atoms with E-state index in [0.717, 1.165) is 17.5 Å². The second-order valence-corrected chi connectivity index (χ2v) is 3.93. The van der Waals surface area contributed by atoms with Crippen LogP contribution in [0.15, 0.2) is 18.2 Å². The zero-order valence-electron chi connectivity index (χ0n) is 9.93. The standard InChI is InChI=1S/C12H15N3O2/c1-3-4-11(16)17-12-14-9-7-8(13)5-6-10(9)15(12)2/h5-7H,3-4,13H2,1-2H3. The van der Waals surface area contributed by atoms with Crippen molar-refractivity contribution in [2.45, 2.75) is 19.8 Å². The summed E-state index contributed by atoms with van der Waals surface area (Å²) in [5, 5.41) is 0. The first-order valence-corrected chi connectivity index (χ1v) is 5.54. The molecule has 1 heterocycles. The number of nitrogen functional groups attached to an aromatic ring is 1. The van der Waals surface area contributed by atoms with Gasteiger partial charge in [0, 0.05) is 19.2 Å². The summed E-state index contributed by atoms with van der Waals surface area (Å²) >= 11 is 0. The Morgan fingerprint density at radius 1 is 1.53 bits per heavy atom. The fourth-order valence-corrected chi connectivity index (χ4v) is 1.64. The molecule has 0 fully saturated rings. The van der Waals surface area contributed by atoms with Gasteiger partial charge in [-0.15, -0.1) is 0 Å². The lowest BCUT2D eigenvalue weighted by molar-refractivity contribution is -0.135. The molecule has 0 bridgehead atoms. The molecule has 0 saturated carbocycles. The fraction of sp³-hybridized carbons (Fsp3) is 0.333. The van der Waals surface area contributed by atoms with Crippen LogP contribution in [0.25, 0.3) is 11.0 Å². The second kappa shape index (κ2) is 4.45. The summed E-state index contributed by atoms with van der Waals surface area (Å²) in [6.07, 6.45) is 1.15. The molecule has 17 heavy (non-hydrogen) atoms. The molecule has 2 aromatic rings. The Hall–Kier alpha value is -2.04. The third-order valence-corrected chi connectivity index (χ3v) is 2.52. The van der Waals surface area contributed by atoms with Crippen LogP contribution in [-0.2, 0) is 11.8 Å². The van der Waals surface area contributed by atoms with Crippen molar-refractivity contribution < 1.29 is 9.53 Å². The summed E-state index contributed by atoms with van der Waals surface area (Å²) in [6.45, 7) is 1.93. The molecule has 0 unspecified atom stereocenters. The lowest BCUT2D eigenvalue weighted by Gasteiger charge is -2.02. The number of carbonyl (C=O) groups is 1. The van der Waals surface area contributed by atoms with Crippen molar-refractivity contribution in [2.24, 2.45) is 7.05 Å². The average molecular weight is 233 g/mol. The number of fused-ring (bicyclic) bond motifs is 1. The Labute approximate surface area is 99.2 Å². The quantitative estimate of drug-likeness (QED) is 0.649. The van der Waals surface area contributed by atoms with Gasteiger partial charge in [-0.05, 0) is 24.6 Å². The fourth-order valence-electron chi connectivity index (χ4n) is 1.64. The van der Waals surface area contributed by atoms with Crippen molar-refractivity contribution in [3.63, 3.8) is 0 Å². The van der Waals surface area contributed by atoms with Crippen molar-refractivity contribution in [3.05, 3.63) is 18.2 Å². The van der Waals surface area contributed by atoms with Gasteiger partial charge < -0.3 is 10.5 Å². The van der Waals surface area contributed by atoms with E-state index in [9.17, 15) is 4.79 Å². The highest BCUT2D eigenvalue weighted by Crippen LogP contribution is 2.22.